The van der Waals surface area contributed by atoms with Crippen LogP contribution < -0.4 is 0 Å². The SMILES string of the molecule is CC/C=C\C/C=C\C/C=C\C/C=C\C/C=C\C/C=C\CCC(=O)OCC(COC(=O)CCCCCCCCC/C=C\CCCCCC)OC(=O)CCCCCCCC/C=C\C=C/CCCCC. The first-order chi connectivity index (χ1) is 33.0. The summed E-state index contributed by atoms with van der Waals surface area (Å²) in [6, 6.07) is 0. The van der Waals surface area contributed by atoms with Gasteiger partial charge in [0.15, 0.2) is 6.10 Å². The zero-order valence-corrected chi connectivity index (χ0v) is 43.4. The van der Waals surface area contributed by atoms with Crippen molar-refractivity contribution in [3.63, 3.8) is 0 Å². The van der Waals surface area contributed by atoms with Gasteiger partial charge >= 0.3 is 17.9 Å². The van der Waals surface area contributed by atoms with Crippen LogP contribution in [0, 0.1) is 0 Å². The van der Waals surface area contributed by atoms with E-state index in [9.17, 15) is 14.4 Å². The third kappa shape index (κ3) is 52.9. The van der Waals surface area contributed by atoms with Crippen LogP contribution >= 0.6 is 0 Å². The largest absolute Gasteiger partial charge is 0.462 e. The molecule has 6 nitrogen and oxygen atoms in total. The maximum absolute atomic E-state index is 12.8. The van der Waals surface area contributed by atoms with Crippen LogP contribution in [0.5, 0.6) is 0 Å². The van der Waals surface area contributed by atoms with Gasteiger partial charge in [-0.15, -0.1) is 0 Å². The number of unbranched alkanes of at least 4 members (excludes halogenated alkanes) is 20. The fourth-order valence-electron chi connectivity index (χ4n) is 7.16. The maximum atomic E-state index is 12.8. The smallest absolute Gasteiger partial charge is 0.306 e. The lowest BCUT2D eigenvalue weighted by Crippen LogP contribution is -2.30. The Morgan fingerprint density at radius 2 is 0.657 bits per heavy atom. The number of allylic oxidation sites excluding steroid dienone is 18. The number of ether oxygens (including phenoxy) is 3. The Bertz CT molecular complexity index is 1390. The summed E-state index contributed by atoms with van der Waals surface area (Å²) in [4.78, 5) is 38.1. The Morgan fingerprint density at radius 3 is 1.12 bits per heavy atom. The number of carbonyl (C=O) groups is 3. The van der Waals surface area contributed by atoms with Crippen molar-refractivity contribution in [3.8, 4) is 0 Å². The molecule has 0 aromatic rings. The van der Waals surface area contributed by atoms with Crippen LogP contribution in [0.4, 0.5) is 0 Å². The Balaban J connectivity index is 4.53. The van der Waals surface area contributed by atoms with Gasteiger partial charge in [0.25, 0.3) is 0 Å². The molecule has 0 rings (SSSR count). The van der Waals surface area contributed by atoms with Gasteiger partial charge in [-0.25, -0.2) is 0 Å². The number of hydrogen-bond acceptors (Lipinski definition) is 6. The van der Waals surface area contributed by atoms with Gasteiger partial charge in [0.2, 0.25) is 0 Å². The fourth-order valence-corrected chi connectivity index (χ4v) is 7.16. The number of carbonyl (C=O) groups excluding carboxylic acids is 3. The first-order valence-electron chi connectivity index (χ1n) is 27.4. The van der Waals surface area contributed by atoms with Crippen molar-refractivity contribution >= 4 is 17.9 Å². The lowest BCUT2D eigenvalue weighted by molar-refractivity contribution is -0.166. The molecule has 0 saturated heterocycles. The third-order valence-electron chi connectivity index (χ3n) is 11.3. The molecule has 6 heteroatoms. The molecule has 380 valence electrons. The van der Waals surface area contributed by atoms with E-state index in [4.69, 9.17) is 14.2 Å². The second-order valence-electron chi connectivity index (χ2n) is 17.8. The molecular weight excluding hydrogens is 829 g/mol. The Labute approximate surface area is 412 Å². The lowest BCUT2D eigenvalue weighted by Gasteiger charge is -2.18. The van der Waals surface area contributed by atoms with Crippen LogP contribution in [0.2, 0.25) is 0 Å². The minimum Gasteiger partial charge on any atom is -0.462 e. The van der Waals surface area contributed by atoms with Crippen molar-refractivity contribution in [1.29, 1.82) is 0 Å². The van der Waals surface area contributed by atoms with Crippen molar-refractivity contribution in [2.24, 2.45) is 0 Å². The number of esters is 3. The quantitative estimate of drug-likeness (QED) is 0.0199. The summed E-state index contributed by atoms with van der Waals surface area (Å²) >= 11 is 0. The molecule has 0 aliphatic carbocycles. The molecule has 0 spiro atoms. The van der Waals surface area contributed by atoms with E-state index in [1.54, 1.807) is 0 Å². The Morgan fingerprint density at radius 1 is 0.328 bits per heavy atom. The van der Waals surface area contributed by atoms with Gasteiger partial charge in [0.1, 0.15) is 13.2 Å². The van der Waals surface area contributed by atoms with E-state index >= 15 is 0 Å². The molecule has 0 radical (unpaired) electrons. The Hall–Kier alpha value is -3.93. The van der Waals surface area contributed by atoms with Gasteiger partial charge < -0.3 is 14.2 Å². The van der Waals surface area contributed by atoms with Crippen LogP contribution in [0.1, 0.15) is 239 Å². The first-order valence-corrected chi connectivity index (χ1v) is 27.4. The summed E-state index contributed by atoms with van der Waals surface area (Å²) in [5.41, 5.74) is 0. The monoisotopic (exact) mass is 929 g/mol. The van der Waals surface area contributed by atoms with E-state index in [0.717, 1.165) is 96.3 Å². The summed E-state index contributed by atoms with van der Waals surface area (Å²) in [6.07, 6.45) is 73.6. The molecule has 1 atom stereocenters. The van der Waals surface area contributed by atoms with E-state index in [2.05, 4.69) is 124 Å². The molecule has 0 amide bonds. The van der Waals surface area contributed by atoms with Crippen LogP contribution in [-0.2, 0) is 28.6 Å². The molecule has 0 aliphatic rings. The summed E-state index contributed by atoms with van der Waals surface area (Å²) in [6.45, 7) is 6.40. The minimum absolute atomic E-state index is 0.110. The zero-order valence-electron chi connectivity index (χ0n) is 43.4. The molecule has 0 aliphatic heterocycles. The van der Waals surface area contributed by atoms with E-state index in [1.165, 1.54) is 96.3 Å². The highest BCUT2D eigenvalue weighted by molar-refractivity contribution is 5.71. The zero-order chi connectivity index (χ0) is 48.6. The molecule has 67 heavy (non-hydrogen) atoms. The van der Waals surface area contributed by atoms with Gasteiger partial charge in [0.05, 0.1) is 0 Å². The van der Waals surface area contributed by atoms with Crippen LogP contribution in [0.3, 0.4) is 0 Å². The summed E-state index contributed by atoms with van der Waals surface area (Å²) in [7, 11) is 0. The van der Waals surface area contributed by atoms with Gasteiger partial charge in [-0.2, -0.15) is 0 Å². The molecule has 0 aromatic carbocycles. The van der Waals surface area contributed by atoms with Crippen LogP contribution in [-0.4, -0.2) is 37.2 Å². The fraction of sp³-hybridized carbons (Fsp3) is 0.656. The van der Waals surface area contributed by atoms with Gasteiger partial charge in [-0.05, 0) is 109 Å². The molecule has 0 fully saturated rings. The number of hydrogen-bond donors (Lipinski definition) is 0. The van der Waals surface area contributed by atoms with Crippen molar-refractivity contribution in [2.45, 2.75) is 245 Å². The van der Waals surface area contributed by atoms with Crippen molar-refractivity contribution in [2.75, 3.05) is 13.2 Å². The predicted octanol–water partition coefficient (Wildman–Crippen LogP) is 18.3. The summed E-state index contributed by atoms with van der Waals surface area (Å²) < 4.78 is 16.8. The number of rotatable bonds is 48. The lowest BCUT2D eigenvalue weighted by atomic mass is 10.1. The van der Waals surface area contributed by atoms with E-state index in [1.807, 2.05) is 6.08 Å². The Kier molecular flexibility index (Phi) is 51.5. The van der Waals surface area contributed by atoms with Crippen LogP contribution in [0.25, 0.3) is 0 Å². The highest BCUT2D eigenvalue weighted by atomic mass is 16.6. The normalized spacial score (nSPS) is 12.9. The molecule has 0 heterocycles. The van der Waals surface area contributed by atoms with Crippen molar-refractivity contribution < 1.29 is 28.6 Å². The second kappa shape index (κ2) is 54.7. The standard InChI is InChI=1S/C61H100O6/c1-4-7-10-13-16-19-22-25-28-29-30-31-34-36-39-42-45-48-51-54-60(63)66-57-58(67-61(64)55-52-49-46-43-40-37-33-27-24-21-18-15-12-9-6-3)56-65-59(62)53-50-47-44-41-38-35-32-26-23-20-17-14-11-8-5-2/h7,10,16,18-21,23-25,27-28,30-31,36,39,45,48,58H,4-6,8-9,11-15,17,22,26,29,32-35,37-38,40-44,46-47,49-57H2,1-3H3/b10-7-,19-16-,21-18-,23-20-,27-24-,28-25-,31-30-,39-36-,48-45-. The summed E-state index contributed by atoms with van der Waals surface area (Å²) in [5, 5.41) is 0. The second-order valence-corrected chi connectivity index (χ2v) is 17.8. The first kappa shape index (κ1) is 63.1. The molecule has 1 unspecified atom stereocenters. The minimum atomic E-state index is -0.818. The van der Waals surface area contributed by atoms with Crippen molar-refractivity contribution in [1.82, 2.24) is 0 Å². The molecule has 0 bridgehead atoms. The van der Waals surface area contributed by atoms with Gasteiger partial charge in [0, 0.05) is 19.3 Å². The topological polar surface area (TPSA) is 78.9 Å². The van der Waals surface area contributed by atoms with Gasteiger partial charge in [-0.3, -0.25) is 14.4 Å². The van der Waals surface area contributed by atoms with E-state index in [0.29, 0.717) is 19.3 Å². The summed E-state index contributed by atoms with van der Waals surface area (Å²) in [5.74, 6) is -1.02. The predicted molar refractivity (Wildman–Crippen MR) is 288 cm³/mol. The average Bonchev–Trinajstić information content (AvgIpc) is 3.33. The van der Waals surface area contributed by atoms with Crippen LogP contribution in [0.15, 0.2) is 109 Å². The van der Waals surface area contributed by atoms with Crippen molar-refractivity contribution in [3.05, 3.63) is 109 Å². The highest BCUT2D eigenvalue weighted by Gasteiger charge is 2.19. The van der Waals surface area contributed by atoms with E-state index < -0.39 is 6.10 Å². The molecule has 0 saturated carbocycles. The maximum Gasteiger partial charge on any atom is 0.306 e. The molecule has 0 N–H and O–H groups in total. The highest BCUT2D eigenvalue weighted by Crippen LogP contribution is 2.13. The third-order valence-corrected chi connectivity index (χ3v) is 11.3. The molecular formula is C61H100O6. The van der Waals surface area contributed by atoms with E-state index in [-0.39, 0.29) is 37.5 Å². The average molecular weight is 929 g/mol. The van der Waals surface area contributed by atoms with Gasteiger partial charge in [-0.1, -0.05) is 220 Å². The molecule has 0 aromatic heterocycles.